The van der Waals surface area contributed by atoms with Gasteiger partial charge in [0.15, 0.2) is 5.78 Å². The molecule has 0 fully saturated rings. The second-order valence-electron chi connectivity index (χ2n) is 16.2. The Morgan fingerprint density at radius 1 is 0.817 bits per heavy atom. The molecule has 7 nitrogen and oxygen atoms in total. The first kappa shape index (κ1) is 40.4. The normalized spacial score (nSPS) is 15.9. The van der Waals surface area contributed by atoms with Crippen LogP contribution in [0.4, 0.5) is 17.1 Å². The Hall–Kier alpha value is -6.41. The number of para-hydroxylation sites is 2. The van der Waals surface area contributed by atoms with Gasteiger partial charge in [-0.1, -0.05) is 91.0 Å². The van der Waals surface area contributed by atoms with Crippen molar-refractivity contribution in [3.63, 3.8) is 0 Å². The maximum absolute atomic E-state index is 14.5. The molecule has 3 aliphatic rings. The lowest BCUT2D eigenvalue weighted by Gasteiger charge is -2.35. The second-order valence-corrected chi connectivity index (χ2v) is 16.2. The average molecular weight is 792 g/mol. The number of nitrogens with two attached hydrogens (primary N) is 1. The molecule has 2 atom stereocenters. The van der Waals surface area contributed by atoms with Gasteiger partial charge in [0.25, 0.3) is 5.91 Å². The van der Waals surface area contributed by atoms with Crippen molar-refractivity contribution in [1.82, 2.24) is 4.90 Å². The largest absolute Gasteiger partial charge is 0.360 e. The highest BCUT2D eigenvalue weighted by Gasteiger charge is 2.35. The van der Waals surface area contributed by atoms with Gasteiger partial charge in [0.05, 0.1) is 17.3 Å². The van der Waals surface area contributed by atoms with Crippen LogP contribution in [-0.2, 0) is 19.4 Å². The monoisotopic (exact) mass is 791 g/mol. The highest BCUT2D eigenvalue weighted by atomic mass is 16.1. The van der Waals surface area contributed by atoms with E-state index in [0.29, 0.717) is 35.7 Å². The molecule has 1 aliphatic heterocycles. The number of Topliss-reactive ketones (excluding diaryl/α,β-unsaturated/α-hetero) is 1. The van der Waals surface area contributed by atoms with E-state index < -0.39 is 0 Å². The van der Waals surface area contributed by atoms with Crippen LogP contribution >= 0.6 is 0 Å². The molecule has 0 bridgehead atoms. The van der Waals surface area contributed by atoms with E-state index >= 15 is 0 Å². The summed E-state index contributed by atoms with van der Waals surface area (Å²) in [5.74, 6) is 0.254. The number of aliphatic imine (C=N–C) groups is 1. The van der Waals surface area contributed by atoms with Gasteiger partial charge in [0, 0.05) is 35.8 Å². The van der Waals surface area contributed by atoms with Crippen LogP contribution in [0.3, 0.4) is 0 Å². The fourth-order valence-electron chi connectivity index (χ4n) is 9.00. The van der Waals surface area contributed by atoms with Crippen molar-refractivity contribution in [3.05, 3.63) is 185 Å². The van der Waals surface area contributed by atoms with Gasteiger partial charge >= 0.3 is 0 Å². The lowest BCUT2D eigenvalue weighted by molar-refractivity contribution is 0.0957. The van der Waals surface area contributed by atoms with Crippen LogP contribution in [0.5, 0.6) is 0 Å². The van der Waals surface area contributed by atoms with Gasteiger partial charge in [0.2, 0.25) is 0 Å². The number of allylic oxidation sites excluding steroid dienone is 1. The molecule has 0 radical (unpaired) electrons. The molecular formula is C53H53N5O2. The number of rotatable bonds is 10. The molecule has 6 aromatic rings. The van der Waals surface area contributed by atoms with Crippen molar-refractivity contribution in [2.45, 2.75) is 56.9 Å². The van der Waals surface area contributed by atoms with Crippen LogP contribution < -0.4 is 16.4 Å². The molecule has 60 heavy (non-hydrogen) atoms. The Bertz CT molecular complexity index is 2540. The van der Waals surface area contributed by atoms with Crippen molar-refractivity contribution in [2.24, 2.45) is 10.7 Å². The zero-order valence-electron chi connectivity index (χ0n) is 34.5. The van der Waals surface area contributed by atoms with Gasteiger partial charge < -0.3 is 21.3 Å². The van der Waals surface area contributed by atoms with Crippen molar-refractivity contribution in [2.75, 3.05) is 31.3 Å². The number of benzene rings is 6. The van der Waals surface area contributed by atoms with E-state index in [-0.39, 0.29) is 17.6 Å². The molecule has 0 saturated heterocycles. The predicted octanol–water partition coefficient (Wildman–Crippen LogP) is 11.3. The molecule has 1 heterocycles. The minimum atomic E-state index is -0.238. The number of hydrogen-bond acceptors (Lipinski definition) is 6. The number of nitrogens with one attached hydrogen (secondary N) is 2. The molecule has 1 amide bonds. The summed E-state index contributed by atoms with van der Waals surface area (Å²) in [6, 6.07) is 44.2. The van der Waals surface area contributed by atoms with Gasteiger partial charge in [0.1, 0.15) is 0 Å². The third-order valence-electron chi connectivity index (χ3n) is 12.0. The summed E-state index contributed by atoms with van der Waals surface area (Å²) in [5, 5.41) is 6.18. The molecule has 4 N–H and O–H groups in total. The number of nitrogens with zero attached hydrogens (tertiary/aromatic N) is 2. The highest BCUT2D eigenvalue weighted by molar-refractivity contribution is 6.09. The summed E-state index contributed by atoms with van der Waals surface area (Å²) in [5.41, 5.74) is 20.4. The smallest absolute Gasteiger partial charge is 0.256 e. The number of carbonyl (C=O) groups excluding carboxylic acids is 2. The van der Waals surface area contributed by atoms with Crippen LogP contribution in [0.2, 0.25) is 0 Å². The number of ketones is 1. The van der Waals surface area contributed by atoms with Crippen molar-refractivity contribution < 1.29 is 9.59 Å². The first-order valence-electron chi connectivity index (χ1n) is 21.2. The summed E-state index contributed by atoms with van der Waals surface area (Å²) in [7, 11) is 4.28. The van der Waals surface area contributed by atoms with Crippen LogP contribution in [-0.4, -0.2) is 43.4 Å². The number of anilines is 2. The molecular weight excluding hydrogens is 739 g/mol. The van der Waals surface area contributed by atoms with Crippen molar-refractivity contribution >= 4 is 35.0 Å². The van der Waals surface area contributed by atoms with Gasteiger partial charge in [-0.3, -0.25) is 14.6 Å². The lowest BCUT2D eigenvalue weighted by atomic mass is 9.69. The quantitative estimate of drug-likeness (QED) is 0.120. The molecule has 302 valence electrons. The first-order valence-corrected chi connectivity index (χ1v) is 21.2. The standard InChI is InChI=1S/C44H45N3O2.C9H8N2/c1-47(2)26-8-11-30-10-7-15-38-37(30)24-25-39-36-13-4-3-9-33(36)27-41(42(38)39)43(48)32-20-22-34(23-21-32)46-44(49)40-14-6-5-12-35(40)31-18-16-29(28-45)17-19-31;1-2-5-9-8(4-1)10-6-3-7-11-9/h3-6,9,12-14,16-25,30,41H,7-8,10-11,15,26-28,45H2,1-2H3,(H,46,49);1-7,10H. The van der Waals surface area contributed by atoms with E-state index in [4.69, 9.17) is 5.73 Å². The lowest BCUT2D eigenvalue weighted by Crippen LogP contribution is -2.24. The summed E-state index contributed by atoms with van der Waals surface area (Å²) >= 11 is 0. The molecule has 2 unspecified atom stereocenters. The molecule has 7 heteroatoms. The van der Waals surface area contributed by atoms with E-state index in [9.17, 15) is 9.59 Å². The summed E-state index contributed by atoms with van der Waals surface area (Å²) in [6.07, 6.45) is 12.0. The summed E-state index contributed by atoms with van der Waals surface area (Å²) in [4.78, 5) is 34.5. The predicted molar refractivity (Wildman–Crippen MR) is 248 cm³/mol. The van der Waals surface area contributed by atoms with E-state index in [0.717, 1.165) is 47.5 Å². The average Bonchev–Trinajstić information content (AvgIpc) is 3.55. The topological polar surface area (TPSA) is 99.8 Å². The van der Waals surface area contributed by atoms with Crippen LogP contribution in [0.15, 0.2) is 151 Å². The summed E-state index contributed by atoms with van der Waals surface area (Å²) < 4.78 is 0. The molecule has 0 saturated carbocycles. The number of amides is 1. The number of hydrogen-bond donors (Lipinski definition) is 3. The Morgan fingerprint density at radius 2 is 1.57 bits per heavy atom. The van der Waals surface area contributed by atoms with Gasteiger partial charge in [-0.25, -0.2) is 0 Å². The minimum absolute atomic E-state index is 0.142. The maximum atomic E-state index is 14.5. The Morgan fingerprint density at radius 3 is 2.37 bits per heavy atom. The van der Waals surface area contributed by atoms with Gasteiger partial charge in [-0.05, 0) is 164 Å². The Balaban J connectivity index is 0.000000390. The highest BCUT2D eigenvalue weighted by Crippen LogP contribution is 2.47. The fraction of sp³-hybridized carbons (Fsp3) is 0.226. The minimum Gasteiger partial charge on any atom is -0.360 e. The van der Waals surface area contributed by atoms with E-state index in [1.54, 1.807) is 6.21 Å². The number of fused-ring (bicyclic) bond motifs is 6. The first-order chi connectivity index (χ1) is 29.4. The molecule has 9 rings (SSSR count). The van der Waals surface area contributed by atoms with E-state index in [2.05, 4.69) is 71.0 Å². The van der Waals surface area contributed by atoms with Crippen molar-refractivity contribution in [1.29, 1.82) is 0 Å². The van der Waals surface area contributed by atoms with Gasteiger partial charge in [-0.15, -0.1) is 0 Å². The molecule has 0 spiro atoms. The zero-order valence-corrected chi connectivity index (χ0v) is 34.5. The SMILES string of the molecule is C1=CNc2ccccc2N=C1.CN(C)CCCC1CCCc2c1ccc1c2C(C(=O)c2ccc(NC(=O)c3ccccc3-c3ccc(CN)cc3)cc2)Cc2ccccc2-1. The van der Waals surface area contributed by atoms with Crippen LogP contribution in [0.25, 0.3) is 22.3 Å². The third-order valence-corrected chi connectivity index (χ3v) is 12.0. The molecule has 6 aromatic carbocycles. The Labute approximate surface area is 354 Å². The van der Waals surface area contributed by atoms with Gasteiger partial charge in [-0.2, -0.15) is 0 Å². The van der Waals surface area contributed by atoms with Crippen molar-refractivity contribution in [3.8, 4) is 22.3 Å². The second kappa shape index (κ2) is 18.7. The Kier molecular flexibility index (Phi) is 12.6. The van der Waals surface area contributed by atoms with Crippen LogP contribution in [0, 0.1) is 0 Å². The van der Waals surface area contributed by atoms with E-state index in [1.807, 2.05) is 109 Å². The molecule has 0 aromatic heterocycles. The fourth-order valence-corrected chi connectivity index (χ4v) is 9.00. The summed E-state index contributed by atoms with van der Waals surface area (Å²) in [6.45, 7) is 1.57. The molecule has 2 aliphatic carbocycles. The zero-order chi connectivity index (χ0) is 41.4. The third kappa shape index (κ3) is 8.93. The van der Waals surface area contributed by atoms with Crippen LogP contribution in [0.1, 0.15) is 86.1 Å². The maximum Gasteiger partial charge on any atom is 0.256 e. The number of carbonyl (C=O) groups is 2. The van der Waals surface area contributed by atoms with E-state index in [1.165, 1.54) is 52.6 Å².